The summed E-state index contributed by atoms with van der Waals surface area (Å²) >= 11 is 0. The van der Waals surface area contributed by atoms with Gasteiger partial charge in [0.15, 0.2) is 0 Å². The minimum absolute atomic E-state index is 0.150. The van der Waals surface area contributed by atoms with Gasteiger partial charge in [0.05, 0.1) is 30.1 Å². The molecule has 2 aliphatic rings. The number of ether oxygens (including phenoxy) is 1. The van der Waals surface area contributed by atoms with Crippen LogP contribution >= 0.6 is 0 Å². The maximum Gasteiger partial charge on any atom is 0.254 e. The molecule has 0 unspecified atom stereocenters. The second kappa shape index (κ2) is 9.77. The van der Waals surface area contributed by atoms with Gasteiger partial charge >= 0.3 is 0 Å². The minimum Gasteiger partial charge on any atom is -0.384 e. The molecule has 1 aromatic rings. The first-order valence-electron chi connectivity index (χ1n) is 9.24. The summed E-state index contributed by atoms with van der Waals surface area (Å²) in [5.41, 5.74) is 7.04. The molecule has 5 N–H and O–H groups in total. The van der Waals surface area contributed by atoms with Crippen molar-refractivity contribution in [3.63, 3.8) is 0 Å². The zero-order chi connectivity index (χ0) is 19.8. The topological polar surface area (TPSA) is 129 Å². The Kier molecular flexibility index (Phi) is 6.88. The van der Waals surface area contributed by atoms with Crippen molar-refractivity contribution in [1.82, 2.24) is 20.5 Å². The smallest absolute Gasteiger partial charge is 0.254 e. The van der Waals surface area contributed by atoms with E-state index in [0.717, 1.165) is 39.3 Å². The Morgan fingerprint density at radius 1 is 1.36 bits per heavy atom. The zero-order valence-corrected chi connectivity index (χ0v) is 15.6. The van der Waals surface area contributed by atoms with E-state index < -0.39 is 0 Å². The molecule has 1 saturated heterocycles. The molecule has 0 aliphatic carbocycles. The molecule has 3 heterocycles. The van der Waals surface area contributed by atoms with E-state index in [1.54, 1.807) is 24.5 Å². The standard InChI is InChI=1S/C19H25N7O2/c20-17(21)16(15-4-1-2-5-22-15)18-24-12-14(13-25-18)19(27)23-6-3-7-26-8-10-28-11-9-26/h1-2,4-5,12-13,24H,3,6-11H2,(H3,20,21)(H,23,27)/b18-16+. The van der Waals surface area contributed by atoms with E-state index in [0.29, 0.717) is 29.2 Å². The molecule has 2 aliphatic heterocycles. The Labute approximate surface area is 163 Å². The first-order chi connectivity index (χ1) is 13.6. The molecule has 0 radical (unpaired) electrons. The van der Waals surface area contributed by atoms with E-state index in [-0.39, 0.29) is 11.7 Å². The highest BCUT2D eigenvalue weighted by Crippen LogP contribution is 2.17. The van der Waals surface area contributed by atoms with Gasteiger partial charge in [0.2, 0.25) is 0 Å². The molecule has 0 bridgehead atoms. The van der Waals surface area contributed by atoms with E-state index in [1.165, 1.54) is 6.21 Å². The summed E-state index contributed by atoms with van der Waals surface area (Å²) in [5, 5.41) is 13.7. The van der Waals surface area contributed by atoms with Crippen LogP contribution < -0.4 is 16.4 Å². The van der Waals surface area contributed by atoms with Crippen LogP contribution in [-0.2, 0) is 9.53 Å². The summed E-state index contributed by atoms with van der Waals surface area (Å²) in [5.74, 6) is 0.0392. The molecule has 148 valence electrons. The van der Waals surface area contributed by atoms with E-state index in [2.05, 4.69) is 25.5 Å². The number of aliphatic imine (C=N–C) groups is 1. The predicted octanol–water partition coefficient (Wildman–Crippen LogP) is 0.0826. The third-order valence-corrected chi connectivity index (χ3v) is 4.43. The Morgan fingerprint density at radius 2 is 2.18 bits per heavy atom. The monoisotopic (exact) mass is 383 g/mol. The number of amides is 1. The molecule has 0 atom stereocenters. The van der Waals surface area contributed by atoms with Crippen molar-refractivity contribution in [2.75, 3.05) is 39.4 Å². The van der Waals surface area contributed by atoms with E-state index in [9.17, 15) is 4.79 Å². The maximum atomic E-state index is 12.3. The number of rotatable bonds is 7. The normalized spacial score (nSPS) is 18.8. The van der Waals surface area contributed by atoms with Crippen LogP contribution in [-0.4, -0.2) is 67.2 Å². The zero-order valence-electron chi connectivity index (χ0n) is 15.6. The number of nitrogens with zero attached hydrogens (tertiary/aromatic N) is 3. The average Bonchev–Trinajstić information content (AvgIpc) is 2.73. The second-order valence-electron chi connectivity index (χ2n) is 6.42. The van der Waals surface area contributed by atoms with E-state index in [1.807, 2.05) is 6.07 Å². The molecule has 9 nitrogen and oxygen atoms in total. The van der Waals surface area contributed by atoms with Crippen molar-refractivity contribution in [3.05, 3.63) is 47.7 Å². The number of pyridine rings is 1. The van der Waals surface area contributed by atoms with Crippen molar-refractivity contribution in [3.8, 4) is 0 Å². The average molecular weight is 383 g/mol. The van der Waals surface area contributed by atoms with Crippen molar-refractivity contribution in [2.24, 2.45) is 10.7 Å². The lowest BCUT2D eigenvalue weighted by Crippen LogP contribution is -2.38. The van der Waals surface area contributed by atoms with Crippen LogP contribution in [0.5, 0.6) is 0 Å². The molecule has 1 amide bonds. The lowest BCUT2D eigenvalue weighted by Gasteiger charge is -2.26. The van der Waals surface area contributed by atoms with Gasteiger partial charge in [0.25, 0.3) is 5.91 Å². The first-order valence-corrected chi connectivity index (χ1v) is 9.24. The number of hydrogen-bond donors (Lipinski definition) is 4. The number of hydrogen-bond acceptors (Lipinski definition) is 7. The van der Waals surface area contributed by atoms with Gasteiger partial charge in [-0.25, -0.2) is 4.99 Å². The highest BCUT2D eigenvalue weighted by Gasteiger charge is 2.17. The molecule has 9 heteroatoms. The Hall–Kier alpha value is -3.04. The summed E-state index contributed by atoms with van der Waals surface area (Å²) < 4.78 is 5.32. The maximum absolute atomic E-state index is 12.3. The van der Waals surface area contributed by atoms with Crippen LogP contribution in [0.4, 0.5) is 0 Å². The van der Waals surface area contributed by atoms with Gasteiger partial charge in [-0.1, -0.05) is 6.07 Å². The van der Waals surface area contributed by atoms with E-state index >= 15 is 0 Å². The molecule has 0 saturated carbocycles. The van der Waals surface area contributed by atoms with Crippen LogP contribution in [0.3, 0.4) is 0 Å². The van der Waals surface area contributed by atoms with Gasteiger partial charge in [-0.2, -0.15) is 0 Å². The van der Waals surface area contributed by atoms with Gasteiger partial charge in [-0.05, 0) is 25.1 Å². The van der Waals surface area contributed by atoms with Crippen LogP contribution in [0, 0.1) is 5.41 Å². The summed E-state index contributed by atoms with van der Waals surface area (Å²) in [4.78, 5) is 23.1. The van der Waals surface area contributed by atoms with Gasteiger partial charge in [0, 0.05) is 38.2 Å². The molecule has 3 rings (SSSR count). The predicted molar refractivity (Wildman–Crippen MR) is 108 cm³/mol. The van der Waals surface area contributed by atoms with Crippen LogP contribution in [0.15, 0.2) is 47.0 Å². The van der Waals surface area contributed by atoms with Crippen molar-refractivity contribution < 1.29 is 9.53 Å². The molecular weight excluding hydrogens is 358 g/mol. The fourth-order valence-corrected chi connectivity index (χ4v) is 2.94. The van der Waals surface area contributed by atoms with Gasteiger partial charge in [-0.3, -0.25) is 20.1 Å². The molecule has 0 spiro atoms. The SMILES string of the molecule is N=C(N)/C(=C1/N=CC(C(=O)NCCCN2CCOCC2)=CN1)c1ccccn1. The number of morpholine rings is 1. The number of nitrogens with two attached hydrogens (primary N) is 1. The Bertz CT molecular complexity index is 796. The highest BCUT2D eigenvalue weighted by atomic mass is 16.5. The number of nitrogens with one attached hydrogen (secondary N) is 3. The first kappa shape index (κ1) is 19.7. The molecule has 0 aromatic carbocycles. The fraction of sp³-hybridized carbons (Fsp3) is 0.368. The van der Waals surface area contributed by atoms with E-state index in [4.69, 9.17) is 15.9 Å². The molecule has 1 fully saturated rings. The minimum atomic E-state index is -0.195. The van der Waals surface area contributed by atoms with Crippen molar-refractivity contribution in [1.29, 1.82) is 5.41 Å². The molecular formula is C19H25N7O2. The van der Waals surface area contributed by atoms with Gasteiger partial charge in [-0.15, -0.1) is 0 Å². The van der Waals surface area contributed by atoms with Crippen molar-refractivity contribution >= 4 is 23.5 Å². The summed E-state index contributed by atoms with van der Waals surface area (Å²) in [6.45, 7) is 4.97. The largest absolute Gasteiger partial charge is 0.384 e. The van der Waals surface area contributed by atoms with Gasteiger partial charge < -0.3 is 21.1 Å². The summed E-state index contributed by atoms with van der Waals surface area (Å²) in [6.07, 6.45) is 5.53. The number of amidine groups is 1. The van der Waals surface area contributed by atoms with Crippen LogP contribution in [0.1, 0.15) is 12.1 Å². The Morgan fingerprint density at radius 3 is 2.82 bits per heavy atom. The quantitative estimate of drug-likeness (QED) is 0.300. The number of carbonyl (C=O) groups excluding carboxylic acids is 1. The van der Waals surface area contributed by atoms with Crippen molar-refractivity contribution in [2.45, 2.75) is 6.42 Å². The fourth-order valence-electron chi connectivity index (χ4n) is 2.94. The number of aromatic nitrogens is 1. The third kappa shape index (κ3) is 5.24. The second-order valence-corrected chi connectivity index (χ2v) is 6.42. The van der Waals surface area contributed by atoms with Crippen LogP contribution in [0.25, 0.3) is 5.57 Å². The lowest BCUT2D eigenvalue weighted by molar-refractivity contribution is -0.117. The number of carbonyl (C=O) groups is 1. The molecule has 1 aromatic heterocycles. The third-order valence-electron chi connectivity index (χ3n) is 4.43. The lowest BCUT2D eigenvalue weighted by atomic mass is 10.1. The van der Waals surface area contributed by atoms with Gasteiger partial charge in [0.1, 0.15) is 11.7 Å². The van der Waals surface area contributed by atoms with Crippen LogP contribution in [0.2, 0.25) is 0 Å². The molecule has 28 heavy (non-hydrogen) atoms. The summed E-state index contributed by atoms with van der Waals surface area (Å²) in [6, 6.07) is 5.34. The highest BCUT2D eigenvalue weighted by molar-refractivity contribution is 6.21. The summed E-state index contributed by atoms with van der Waals surface area (Å²) in [7, 11) is 0. The Balaban J connectivity index is 1.53.